The maximum atomic E-state index is 6.08. The van der Waals surface area contributed by atoms with Gasteiger partial charge in [0.05, 0.1) is 6.10 Å². The van der Waals surface area contributed by atoms with E-state index in [4.69, 9.17) is 10.5 Å². The molecule has 1 aliphatic carbocycles. The zero-order valence-electron chi connectivity index (χ0n) is 14.4. The van der Waals surface area contributed by atoms with Gasteiger partial charge in [-0.1, -0.05) is 26.2 Å². The van der Waals surface area contributed by atoms with Gasteiger partial charge in [-0.05, 0) is 50.9 Å². The van der Waals surface area contributed by atoms with Crippen LogP contribution in [-0.2, 0) is 4.74 Å². The van der Waals surface area contributed by atoms with Crippen LogP contribution in [0.5, 0.6) is 0 Å². The first-order chi connectivity index (χ1) is 10.8. The number of ether oxygens (including phenoxy) is 1. The molecule has 0 aromatic rings. The summed E-state index contributed by atoms with van der Waals surface area (Å²) < 4.78 is 5.95. The Morgan fingerprint density at radius 3 is 2.50 bits per heavy atom. The van der Waals surface area contributed by atoms with Gasteiger partial charge in [-0.2, -0.15) is 0 Å². The van der Waals surface area contributed by atoms with Gasteiger partial charge in [-0.15, -0.1) is 0 Å². The summed E-state index contributed by atoms with van der Waals surface area (Å²) in [5, 5.41) is 0. The van der Waals surface area contributed by atoms with E-state index in [-0.39, 0.29) is 0 Å². The summed E-state index contributed by atoms with van der Waals surface area (Å²) in [6.07, 6.45) is 13.2. The number of likely N-dealkylation sites (tertiary alicyclic amines) is 1. The summed E-state index contributed by atoms with van der Waals surface area (Å²) >= 11 is 0. The van der Waals surface area contributed by atoms with E-state index in [9.17, 15) is 0 Å². The molecular weight excluding hydrogens is 274 g/mol. The van der Waals surface area contributed by atoms with Crippen LogP contribution in [0.4, 0.5) is 0 Å². The standard InChI is InChI=1S/C18H35N3O/c1-16-10-13-21(14-11-16)18(19)20-12-6-3-7-15-22-17-8-4-2-5-9-17/h16-17H,2-15H2,1H3,(H2,19,20). The lowest BCUT2D eigenvalue weighted by molar-refractivity contribution is 0.0264. The van der Waals surface area contributed by atoms with Gasteiger partial charge in [0.25, 0.3) is 0 Å². The zero-order valence-corrected chi connectivity index (χ0v) is 14.4. The second-order valence-electron chi connectivity index (χ2n) is 7.10. The molecule has 0 aromatic carbocycles. The molecule has 0 aromatic heterocycles. The van der Waals surface area contributed by atoms with Crippen molar-refractivity contribution >= 4 is 5.96 Å². The van der Waals surface area contributed by atoms with Gasteiger partial charge in [0.2, 0.25) is 0 Å². The second kappa shape index (κ2) is 10.1. The smallest absolute Gasteiger partial charge is 0.191 e. The van der Waals surface area contributed by atoms with Crippen molar-refractivity contribution in [3.63, 3.8) is 0 Å². The molecule has 1 saturated heterocycles. The molecule has 0 amide bonds. The molecule has 4 nitrogen and oxygen atoms in total. The molecule has 1 heterocycles. The Hall–Kier alpha value is -0.770. The first-order valence-corrected chi connectivity index (χ1v) is 9.42. The third-order valence-corrected chi connectivity index (χ3v) is 5.09. The SMILES string of the molecule is CC1CCN(C(N)=NCCCCCOC2CCCCC2)CC1. The highest BCUT2D eigenvalue weighted by Crippen LogP contribution is 2.20. The molecule has 2 fully saturated rings. The third kappa shape index (κ3) is 6.55. The van der Waals surface area contributed by atoms with E-state index in [1.165, 1.54) is 51.4 Å². The minimum Gasteiger partial charge on any atom is -0.378 e. The first kappa shape index (κ1) is 17.6. The number of aliphatic imine (C=N–C) groups is 1. The van der Waals surface area contributed by atoms with E-state index in [0.29, 0.717) is 6.10 Å². The lowest BCUT2D eigenvalue weighted by Crippen LogP contribution is -2.42. The van der Waals surface area contributed by atoms with Crippen LogP contribution in [0.15, 0.2) is 4.99 Å². The fraction of sp³-hybridized carbons (Fsp3) is 0.944. The normalized spacial score (nSPS) is 22.2. The fourth-order valence-electron chi connectivity index (χ4n) is 3.40. The minimum absolute atomic E-state index is 0.545. The van der Waals surface area contributed by atoms with Gasteiger partial charge < -0.3 is 15.4 Å². The van der Waals surface area contributed by atoms with Crippen LogP contribution in [0.25, 0.3) is 0 Å². The lowest BCUT2D eigenvalue weighted by Gasteiger charge is -2.31. The van der Waals surface area contributed by atoms with Gasteiger partial charge in [-0.3, -0.25) is 4.99 Å². The maximum absolute atomic E-state index is 6.08. The van der Waals surface area contributed by atoms with Crippen molar-refractivity contribution in [2.45, 2.75) is 77.2 Å². The van der Waals surface area contributed by atoms with E-state index in [1.54, 1.807) is 0 Å². The fourth-order valence-corrected chi connectivity index (χ4v) is 3.40. The molecule has 1 aliphatic heterocycles. The molecule has 2 N–H and O–H groups in total. The van der Waals surface area contributed by atoms with Gasteiger partial charge in [0.1, 0.15) is 0 Å². The van der Waals surface area contributed by atoms with E-state index < -0.39 is 0 Å². The van der Waals surface area contributed by atoms with Gasteiger partial charge in [0, 0.05) is 26.2 Å². The zero-order chi connectivity index (χ0) is 15.6. The Kier molecular flexibility index (Phi) is 8.06. The first-order valence-electron chi connectivity index (χ1n) is 9.42. The van der Waals surface area contributed by atoms with Crippen LogP contribution in [0.3, 0.4) is 0 Å². The summed E-state index contributed by atoms with van der Waals surface area (Å²) in [7, 11) is 0. The van der Waals surface area contributed by atoms with Crippen LogP contribution in [0, 0.1) is 5.92 Å². The van der Waals surface area contributed by atoms with E-state index in [2.05, 4.69) is 16.8 Å². The molecule has 128 valence electrons. The predicted molar refractivity (Wildman–Crippen MR) is 93.1 cm³/mol. The number of unbranched alkanes of at least 4 members (excludes halogenated alkanes) is 2. The van der Waals surface area contributed by atoms with Crippen molar-refractivity contribution in [2.24, 2.45) is 16.6 Å². The van der Waals surface area contributed by atoms with Crippen LogP contribution in [0.1, 0.15) is 71.1 Å². The molecule has 4 heteroatoms. The molecule has 2 aliphatic rings. The Bertz CT molecular complexity index is 318. The predicted octanol–water partition coefficient (Wildman–Crippen LogP) is 3.55. The largest absolute Gasteiger partial charge is 0.378 e. The average molecular weight is 309 g/mol. The van der Waals surface area contributed by atoms with Crippen LogP contribution < -0.4 is 5.73 Å². The third-order valence-electron chi connectivity index (χ3n) is 5.09. The summed E-state index contributed by atoms with van der Waals surface area (Å²) in [6, 6.07) is 0. The van der Waals surface area contributed by atoms with Crippen molar-refractivity contribution < 1.29 is 4.74 Å². The van der Waals surface area contributed by atoms with E-state index in [1.807, 2.05) is 0 Å². The lowest BCUT2D eigenvalue weighted by atomic mass is 9.98. The average Bonchev–Trinajstić information content (AvgIpc) is 2.55. The molecule has 1 saturated carbocycles. The highest BCUT2D eigenvalue weighted by Gasteiger charge is 2.16. The van der Waals surface area contributed by atoms with Crippen molar-refractivity contribution in [3.05, 3.63) is 0 Å². The number of nitrogens with zero attached hydrogens (tertiary/aromatic N) is 2. The van der Waals surface area contributed by atoms with Crippen molar-refractivity contribution in [2.75, 3.05) is 26.2 Å². The van der Waals surface area contributed by atoms with Crippen molar-refractivity contribution in [1.82, 2.24) is 4.90 Å². The molecule has 0 bridgehead atoms. The molecule has 0 atom stereocenters. The van der Waals surface area contributed by atoms with E-state index in [0.717, 1.165) is 51.0 Å². The molecular formula is C18H35N3O. The Morgan fingerprint density at radius 1 is 1.05 bits per heavy atom. The molecule has 0 unspecified atom stereocenters. The van der Waals surface area contributed by atoms with Crippen LogP contribution >= 0.6 is 0 Å². The highest BCUT2D eigenvalue weighted by molar-refractivity contribution is 5.78. The number of hydrogen-bond acceptors (Lipinski definition) is 2. The van der Waals surface area contributed by atoms with Gasteiger partial charge >= 0.3 is 0 Å². The quantitative estimate of drug-likeness (QED) is 0.444. The number of piperidine rings is 1. The number of hydrogen-bond donors (Lipinski definition) is 1. The number of nitrogens with two attached hydrogens (primary N) is 1. The van der Waals surface area contributed by atoms with Gasteiger partial charge in [-0.25, -0.2) is 0 Å². The maximum Gasteiger partial charge on any atom is 0.191 e. The molecule has 0 spiro atoms. The Morgan fingerprint density at radius 2 is 1.77 bits per heavy atom. The number of rotatable bonds is 7. The van der Waals surface area contributed by atoms with Gasteiger partial charge in [0.15, 0.2) is 5.96 Å². The molecule has 2 rings (SSSR count). The summed E-state index contributed by atoms with van der Waals surface area (Å²) in [5.74, 6) is 1.60. The second-order valence-corrected chi connectivity index (χ2v) is 7.10. The van der Waals surface area contributed by atoms with Crippen molar-refractivity contribution in [3.8, 4) is 0 Å². The van der Waals surface area contributed by atoms with E-state index >= 15 is 0 Å². The Balaban J connectivity index is 1.46. The molecule has 0 radical (unpaired) electrons. The monoisotopic (exact) mass is 309 g/mol. The van der Waals surface area contributed by atoms with Crippen molar-refractivity contribution in [1.29, 1.82) is 0 Å². The number of guanidine groups is 1. The molecule has 22 heavy (non-hydrogen) atoms. The minimum atomic E-state index is 0.545. The summed E-state index contributed by atoms with van der Waals surface area (Å²) in [4.78, 5) is 6.78. The summed E-state index contributed by atoms with van der Waals surface area (Å²) in [6.45, 7) is 6.26. The van der Waals surface area contributed by atoms with Crippen LogP contribution in [-0.4, -0.2) is 43.2 Å². The topological polar surface area (TPSA) is 50.8 Å². The highest BCUT2D eigenvalue weighted by atomic mass is 16.5. The van der Waals surface area contributed by atoms with Crippen LogP contribution in [0.2, 0.25) is 0 Å². The summed E-state index contributed by atoms with van der Waals surface area (Å²) in [5.41, 5.74) is 6.08. The Labute approximate surface area is 136 Å².